The van der Waals surface area contributed by atoms with E-state index in [1.54, 1.807) is 53.7 Å². The summed E-state index contributed by atoms with van der Waals surface area (Å²) in [6.45, 7) is 2.68. The van der Waals surface area contributed by atoms with Crippen LogP contribution >= 0.6 is 0 Å². The Bertz CT molecular complexity index is 950. The molecule has 0 radical (unpaired) electrons. The molecule has 3 aromatic rings. The maximum absolute atomic E-state index is 13.9. The molecule has 2 aromatic carbocycles. The first-order valence-corrected chi connectivity index (χ1v) is 8.86. The van der Waals surface area contributed by atoms with Crippen LogP contribution in [0.15, 0.2) is 60.9 Å². The van der Waals surface area contributed by atoms with Crippen LogP contribution in [0.25, 0.3) is 0 Å². The summed E-state index contributed by atoms with van der Waals surface area (Å²) in [7, 11) is 1.42. The molecule has 0 atom stereocenters. The molecule has 0 bridgehead atoms. The summed E-state index contributed by atoms with van der Waals surface area (Å²) in [5.74, 6) is 0.0436. The van der Waals surface area contributed by atoms with E-state index in [1.165, 1.54) is 13.2 Å². The highest BCUT2D eigenvalue weighted by atomic mass is 19.1. The van der Waals surface area contributed by atoms with Gasteiger partial charge in [-0.2, -0.15) is 0 Å². The second-order valence-corrected chi connectivity index (χ2v) is 6.07. The van der Waals surface area contributed by atoms with Gasteiger partial charge in [0.15, 0.2) is 11.6 Å². The number of nitrogens with one attached hydrogen (secondary N) is 1. The summed E-state index contributed by atoms with van der Waals surface area (Å²) < 4.78 is 18.9. The van der Waals surface area contributed by atoms with Crippen LogP contribution in [-0.4, -0.2) is 34.4 Å². The Morgan fingerprint density at radius 2 is 1.93 bits per heavy atom. The van der Waals surface area contributed by atoms with Crippen molar-refractivity contribution in [2.75, 3.05) is 19.0 Å². The van der Waals surface area contributed by atoms with Crippen molar-refractivity contribution in [2.24, 2.45) is 0 Å². The molecule has 0 aliphatic carbocycles. The summed E-state index contributed by atoms with van der Waals surface area (Å²) in [5.41, 5.74) is 1.93. The van der Waals surface area contributed by atoms with E-state index in [4.69, 9.17) is 4.74 Å². The molecule has 6 nitrogen and oxygen atoms in total. The molecule has 0 unspecified atom stereocenters. The minimum Gasteiger partial charge on any atom is -0.494 e. The number of carbonyl (C=O) groups excluding carboxylic acids is 1. The number of carbonyl (C=O) groups is 1. The van der Waals surface area contributed by atoms with Crippen molar-refractivity contribution < 1.29 is 13.9 Å². The van der Waals surface area contributed by atoms with Gasteiger partial charge in [-0.15, -0.1) is 0 Å². The zero-order valence-electron chi connectivity index (χ0n) is 15.7. The minimum absolute atomic E-state index is 0.142. The number of rotatable bonds is 7. The van der Waals surface area contributed by atoms with E-state index in [0.717, 1.165) is 0 Å². The molecule has 0 aliphatic heterocycles. The van der Waals surface area contributed by atoms with Gasteiger partial charge in [0.1, 0.15) is 0 Å². The molecule has 0 saturated carbocycles. The van der Waals surface area contributed by atoms with Crippen molar-refractivity contribution in [3.63, 3.8) is 0 Å². The van der Waals surface area contributed by atoms with Gasteiger partial charge in [-0.3, -0.25) is 4.79 Å². The van der Waals surface area contributed by atoms with Crippen molar-refractivity contribution in [1.82, 2.24) is 14.9 Å². The molecule has 1 N–H and O–H groups in total. The minimum atomic E-state index is -0.447. The molecule has 1 amide bonds. The van der Waals surface area contributed by atoms with E-state index < -0.39 is 5.82 Å². The first kappa shape index (κ1) is 19.3. The van der Waals surface area contributed by atoms with Crippen LogP contribution in [0.2, 0.25) is 0 Å². The Balaban J connectivity index is 1.75. The van der Waals surface area contributed by atoms with Gasteiger partial charge in [0.2, 0.25) is 5.95 Å². The Labute approximate surface area is 163 Å². The van der Waals surface area contributed by atoms with Gasteiger partial charge in [-0.05, 0) is 48.9 Å². The Hall–Kier alpha value is -3.48. The van der Waals surface area contributed by atoms with Gasteiger partial charge in [0, 0.05) is 36.7 Å². The molecular weight excluding hydrogens is 359 g/mol. The first-order valence-electron chi connectivity index (χ1n) is 8.86. The molecular formula is C21H21FN4O2. The highest BCUT2D eigenvalue weighted by Crippen LogP contribution is 2.20. The number of nitrogens with zero attached hydrogens (tertiary/aromatic N) is 3. The molecule has 1 heterocycles. The van der Waals surface area contributed by atoms with Gasteiger partial charge < -0.3 is 15.0 Å². The van der Waals surface area contributed by atoms with Crippen LogP contribution < -0.4 is 10.1 Å². The number of hydrogen-bond acceptors (Lipinski definition) is 5. The lowest BCUT2D eigenvalue weighted by atomic mass is 10.1. The monoisotopic (exact) mass is 380 g/mol. The molecule has 0 aliphatic rings. The Morgan fingerprint density at radius 3 is 2.61 bits per heavy atom. The number of halogens is 1. The molecule has 3 rings (SSSR count). The second-order valence-electron chi connectivity index (χ2n) is 6.07. The average molecular weight is 380 g/mol. The summed E-state index contributed by atoms with van der Waals surface area (Å²) in [6.07, 6.45) is 3.27. The van der Waals surface area contributed by atoms with Crippen LogP contribution in [0.3, 0.4) is 0 Å². The highest BCUT2D eigenvalue weighted by molar-refractivity contribution is 5.95. The van der Waals surface area contributed by atoms with Gasteiger partial charge >= 0.3 is 0 Å². The van der Waals surface area contributed by atoms with E-state index in [9.17, 15) is 9.18 Å². The topological polar surface area (TPSA) is 67.3 Å². The van der Waals surface area contributed by atoms with Gasteiger partial charge in [-0.25, -0.2) is 14.4 Å². The number of methoxy groups -OCH3 is 1. The lowest BCUT2D eigenvalue weighted by molar-refractivity contribution is 0.0752. The summed E-state index contributed by atoms with van der Waals surface area (Å²) in [5, 5.41) is 3.07. The summed E-state index contributed by atoms with van der Waals surface area (Å²) in [4.78, 5) is 22.8. The standard InChI is InChI=1S/C21H21FN4O2/c1-3-26(14-15-8-9-19(28-2)18(22)12-15)20(27)16-6-4-7-17(13-16)25-21-23-10-5-11-24-21/h4-13H,3,14H2,1-2H3,(H,23,24,25). The van der Waals surface area contributed by atoms with Crippen molar-refractivity contribution >= 4 is 17.5 Å². The number of anilines is 2. The zero-order valence-corrected chi connectivity index (χ0v) is 15.7. The third-order valence-corrected chi connectivity index (χ3v) is 4.19. The molecule has 0 fully saturated rings. The van der Waals surface area contributed by atoms with E-state index in [-0.39, 0.29) is 11.7 Å². The lowest BCUT2D eigenvalue weighted by Gasteiger charge is -2.21. The summed E-state index contributed by atoms with van der Waals surface area (Å²) in [6, 6.07) is 13.6. The quantitative estimate of drug-likeness (QED) is 0.670. The van der Waals surface area contributed by atoms with E-state index in [2.05, 4.69) is 15.3 Å². The van der Waals surface area contributed by atoms with Crippen LogP contribution in [0.4, 0.5) is 16.0 Å². The lowest BCUT2D eigenvalue weighted by Crippen LogP contribution is -2.30. The largest absolute Gasteiger partial charge is 0.494 e. The number of aromatic nitrogens is 2. The van der Waals surface area contributed by atoms with E-state index >= 15 is 0 Å². The van der Waals surface area contributed by atoms with Gasteiger partial charge in [0.25, 0.3) is 5.91 Å². The van der Waals surface area contributed by atoms with Crippen molar-refractivity contribution in [2.45, 2.75) is 13.5 Å². The predicted octanol–water partition coefficient (Wildman–Crippen LogP) is 4.03. The highest BCUT2D eigenvalue weighted by Gasteiger charge is 2.16. The van der Waals surface area contributed by atoms with Crippen LogP contribution in [0, 0.1) is 5.82 Å². The van der Waals surface area contributed by atoms with Crippen molar-refractivity contribution in [3.05, 3.63) is 77.9 Å². The number of ether oxygens (including phenoxy) is 1. The fourth-order valence-electron chi connectivity index (χ4n) is 2.76. The van der Waals surface area contributed by atoms with E-state index in [0.29, 0.717) is 35.9 Å². The number of hydrogen-bond donors (Lipinski definition) is 1. The summed E-state index contributed by atoms with van der Waals surface area (Å²) >= 11 is 0. The van der Waals surface area contributed by atoms with E-state index in [1.807, 2.05) is 13.0 Å². The van der Waals surface area contributed by atoms with Gasteiger partial charge in [0.05, 0.1) is 7.11 Å². The third kappa shape index (κ3) is 4.62. The van der Waals surface area contributed by atoms with Crippen LogP contribution in [0.1, 0.15) is 22.8 Å². The normalized spacial score (nSPS) is 10.4. The molecule has 7 heteroatoms. The molecule has 1 aromatic heterocycles. The first-order chi connectivity index (χ1) is 13.6. The SMILES string of the molecule is CCN(Cc1ccc(OC)c(F)c1)C(=O)c1cccc(Nc2ncccn2)c1. The maximum atomic E-state index is 13.9. The van der Waals surface area contributed by atoms with Crippen molar-refractivity contribution in [1.29, 1.82) is 0 Å². The molecule has 0 spiro atoms. The van der Waals surface area contributed by atoms with Gasteiger partial charge in [-0.1, -0.05) is 12.1 Å². The predicted molar refractivity (Wildman–Crippen MR) is 105 cm³/mol. The Kier molecular flexibility index (Phi) is 6.16. The smallest absolute Gasteiger partial charge is 0.254 e. The zero-order chi connectivity index (χ0) is 19.9. The number of amides is 1. The fraction of sp³-hybridized carbons (Fsp3) is 0.190. The molecule has 28 heavy (non-hydrogen) atoms. The molecule has 144 valence electrons. The van der Waals surface area contributed by atoms with Crippen LogP contribution in [0.5, 0.6) is 5.75 Å². The number of benzene rings is 2. The molecule has 0 saturated heterocycles. The average Bonchev–Trinajstić information content (AvgIpc) is 2.72. The maximum Gasteiger partial charge on any atom is 0.254 e. The third-order valence-electron chi connectivity index (χ3n) is 4.19. The van der Waals surface area contributed by atoms with Crippen molar-refractivity contribution in [3.8, 4) is 5.75 Å². The fourth-order valence-corrected chi connectivity index (χ4v) is 2.76. The van der Waals surface area contributed by atoms with Crippen LogP contribution in [-0.2, 0) is 6.54 Å². The second kappa shape index (κ2) is 8.94. The Morgan fingerprint density at radius 1 is 1.14 bits per heavy atom.